The van der Waals surface area contributed by atoms with E-state index in [1.54, 1.807) is 23.6 Å². The van der Waals surface area contributed by atoms with Crippen LogP contribution in [0.25, 0.3) is 33.9 Å². The number of imidazole rings is 2. The van der Waals surface area contributed by atoms with E-state index in [1.807, 2.05) is 53.2 Å². The van der Waals surface area contributed by atoms with Crippen LogP contribution in [-0.2, 0) is 7.05 Å². The number of aromatic amines is 1. The van der Waals surface area contributed by atoms with Crippen molar-refractivity contribution in [2.45, 2.75) is 0 Å². The van der Waals surface area contributed by atoms with Gasteiger partial charge < -0.3 is 0 Å². The zero-order valence-corrected chi connectivity index (χ0v) is 15.5. The number of aromatic nitrogens is 5. The lowest BCUT2D eigenvalue weighted by Crippen LogP contribution is -2.28. The lowest BCUT2D eigenvalue weighted by Gasteiger charge is -2.09. The molecule has 3 heterocycles. The fraction of sp³-hybridized carbons (Fsp3) is 0.0500. The van der Waals surface area contributed by atoms with Crippen LogP contribution in [0.1, 0.15) is 0 Å². The van der Waals surface area contributed by atoms with Crippen molar-refractivity contribution in [3.8, 4) is 16.9 Å². The summed E-state index contributed by atoms with van der Waals surface area (Å²) in [6, 6.07) is 17.2. The molecule has 0 aliphatic heterocycles. The van der Waals surface area contributed by atoms with Crippen LogP contribution in [0.5, 0.6) is 0 Å². The fourth-order valence-electron chi connectivity index (χ4n) is 3.42. The van der Waals surface area contributed by atoms with Crippen molar-refractivity contribution in [2.24, 2.45) is 7.05 Å². The number of rotatable bonds is 2. The van der Waals surface area contributed by atoms with Crippen molar-refractivity contribution in [2.75, 3.05) is 0 Å². The maximum absolute atomic E-state index is 12.5. The number of nitrogens with one attached hydrogen (secondary N) is 1. The molecule has 0 radical (unpaired) electrons. The molecule has 0 aliphatic carbocycles. The van der Waals surface area contributed by atoms with Gasteiger partial charge in [-0.1, -0.05) is 41.9 Å². The third-order valence-corrected chi connectivity index (χ3v) is 5.03. The van der Waals surface area contributed by atoms with E-state index in [4.69, 9.17) is 11.6 Å². The Morgan fingerprint density at radius 1 is 1.00 bits per heavy atom. The molecule has 0 aliphatic rings. The van der Waals surface area contributed by atoms with Crippen LogP contribution in [0.3, 0.4) is 0 Å². The van der Waals surface area contributed by atoms with Crippen molar-refractivity contribution >= 4 is 28.5 Å². The van der Waals surface area contributed by atoms with Crippen molar-refractivity contribution in [3.05, 3.63) is 86.7 Å². The molecule has 7 nitrogen and oxygen atoms in total. The monoisotopic (exact) mass is 391 g/mol. The first-order valence-corrected chi connectivity index (χ1v) is 8.96. The van der Waals surface area contributed by atoms with Gasteiger partial charge in [0.1, 0.15) is 0 Å². The number of nitrogens with zero attached hydrogens (tertiary/aromatic N) is 4. The number of fused-ring (bicyclic) bond motifs is 3. The second-order valence-corrected chi connectivity index (χ2v) is 6.90. The molecule has 2 aromatic carbocycles. The molecular weight excluding hydrogens is 378 g/mol. The molecule has 5 aromatic rings. The van der Waals surface area contributed by atoms with Gasteiger partial charge in [-0.15, -0.1) is 0 Å². The summed E-state index contributed by atoms with van der Waals surface area (Å²) >= 11 is 6.06. The van der Waals surface area contributed by atoms with Crippen LogP contribution >= 0.6 is 11.6 Å². The summed E-state index contributed by atoms with van der Waals surface area (Å²) in [6.45, 7) is 0. The van der Waals surface area contributed by atoms with Gasteiger partial charge in [-0.05, 0) is 24.3 Å². The van der Waals surface area contributed by atoms with Crippen molar-refractivity contribution in [3.63, 3.8) is 0 Å². The Balaban J connectivity index is 1.96. The Hall–Kier alpha value is -3.58. The van der Waals surface area contributed by atoms with Gasteiger partial charge in [0.25, 0.3) is 5.56 Å². The van der Waals surface area contributed by atoms with E-state index in [0.717, 1.165) is 16.9 Å². The molecule has 0 unspecified atom stereocenters. The molecule has 0 amide bonds. The Bertz CT molecular complexity index is 1460. The third-order valence-electron chi connectivity index (χ3n) is 4.78. The van der Waals surface area contributed by atoms with E-state index in [2.05, 4.69) is 9.97 Å². The van der Waals surface area contributed by atoms with Crippen molar-refractivity contribution < 1.29 is 0 Å². The summed E-state index contributed by atoms with van der Waals surface area (Å²) in [5.74, 6) is 0.530. The van der Waals surface area contributed by atoms with Gasteiger partial charge >= 0.3 is 5.69 Å². The highest BCUT2D eigenvalue weighted by Gasteiger charge is 2.20. The van der Waals surface area contributed by atoms with Gasteiger partial charge in [0.05, 0.1) is 5.69 Å². The lowest BCUT2D eigenvalue weighted by molar-refractivity contribution is 0.831. The highest BCUT2D eigenvalue weighted by molar-refractivity contribution is 6.30. The maximum atomic E-state index is 12.5. The number of hydrogen-bond donors (Lipinski definition) is 1. The van der Waals surface area contributed by atoms with E-state index in [-0.39, 0.29) is 0 Å². The smallest absolute Gasteiger partial charge is 0.279 e. The van der Waals surface area contributed by atoms with Crippen molar-refractivity contribution in [1.82, 2.24) is 23.5 Å². The van der Waals surface area contributed by atoms with Gasteiger partial charge in [-0.2, -0.15) is 4.98 Å². The minimum absolute atomic E-state index is 0.321. The van der Waals surface area contributed by atoms with Gasteiger partial charge in [0.15, 0.2) is 11.2 Å². The predicted molar refractivity (Wildman–Crippen MR) is 108 cm³/mol. The number of hydrogen-bond acceptors (Lipinski definition) is 3. The maximum Gasteiger partial charge on any atom is 0.329 e. The first-order chi connectivity index (χ1) is 13.5. The summed E-state index contributed by atoms with van der Waals surface area (Å²) in [4.78, 5) is 31.4. The number of halogens is 1. The number of H-pyrrole nitrogens is 1. The minimum Gasteiger partial charge on any atom is -0.279 e. The zero-order valence-electron chi connectivity index (χ0n) is 14.8. The third kappa shape index (κ3) is 2.33. The summed E-state index contributed by atoms with van der Waals surface area (Å²) in [6.07, 6.45) is 1.86. The second kappa shape index (κ2) is 5.97. The van der Waals surface area contributed by atoms with Crippen LogP contribution in [0, 0.1) is 0 Å². The quantitative estimate of drug-likeness (QED) is 0.502. The lowest BCUT2D eigenvalue weighted by atomic mass is 10.1. The Morgan fingerprint density at radius 2 is 1.71 bits per heavy atom. The molecule has 3 aromatic heterocycles. The highest BCUT2D eigenvalue weighted by Crippen LogP contribution is 2.29. The van der Waals surface area contributed by atoms with Crippen LogP contribution in [0.4, 0.5) is 0 Å². The van der Waals surface area contributed by atoms with Gasteiger partial charge in [0, 0.05) is 29.5 Å². The SMILES string of the molecule is Cn1c(=O)[nH]c(=O)c2c1nc1n(-c3ccc(Cl)cc3)c(-c3ccccc3)cn21. The first kappa shape index (κ1) is 16.6. The Morgan fingerprint density at radius 3 is 2.43 bits per heavy atom. The van der Waals surface area contributed by atoms with Gasteiger partial charge in [-0.25, -0.2) is 4.79 Å². The van der Waals surface area contributed by atoms with Crippen LogP contribution in [0.2, 0.25) is 5.02 Å². The molecule has 0 saturated heterocycles. The molecular formula is C20H14ClN5O2. The normalized spacial score (nSPS) is 11.5. The minimum atomic E-state index is -0.500. The molecule has 0 bridgehead atoms. The summed E-state index contributed by atoms with van der Waals surface area (Å²) in [5, 5.41) is 0.625. The van der Waals surface area contributed by atoms with Crippen molar-refractivity contribution in [1.29, 1.82) is 0 Å². The molecule has 28 heavy (non-hydrogen) atoms. The fourth-order valence-corrected chi connectivity index (χ4v) is 3.54. The molecule has 0 fully saturated rings. The Labute approximate surface area is 163 Å². The van der Waals surface area contributed by atoms with Crippen LogP contribution in [-0.4, -0.2) is 23.5 Å². The van der Waals surface area contributed by atoms with Gasteiger partial charge in [-0.3, -0.25) is 23.3 Å². The first-order valence-electron chi connectivity index (χ1n) is 8.59. The molecule has 1 N–H and O–H groups in total. The molecule has 0 saturated carbocycles. The average Bonchev–Trinajstić information content (AvgIpc) is 3.24. The number of benzene rings is 2. The van der Waals surface area contributed by atoms with Crippen LogP contribution in [0.15, 0.2) is 70.4 Å². The average molecular weight is 392 g/mol. The van der Waals surface area contributed by atoms with E-state index in [1.165, 1.54) is 4.57 Å². The molecule has 0 spiro atoms. The van der Waals surface area contributed by atoms with E-state index < -0.39 is 11.2 Å². The number of aryl methyl sites for hydroxylation is 1. The van der Waals surface area contributed by atoms with E-state index in [0.29, 0.717) is 22.0 Å². The van der Waals surface area contributed by atoms with Crippen LogP contribution < -0.4 is 11.2 Å². The molecule has 8 heteroatoms. The summed E-state index contributed by atoms with van der Waals surface area (Å²) < 4.78 is 4.98. The summed E-state index contributed by atoms with van der Waals surface area (Å²) in [7, 11) is 1.58. The second-order valence-electron chi connectivity index (χ2n) is 6.46. The molecule has 0 atom stereocenters. The zero-order chi connectivity index (χ0) is 19.4. The highest BCUT2D eigenvalue weighted by atomic mass is 35.5. The molecule has 5 rings (SSSR count). The largest absolute Gasteiger partial charge is 0.329 e. The predicted octanol–water partition coefficient (Wildman–Crippen LogP) is 2.99. The topological polar surface area (TPSA) is 77.1 Å². The van der Waals surface area contributed by atoms with E-state index >= 15 is 0 Å². The standard InChI is InChI=1S/C20H14ClN5O2/c1-24-17-16(18(27)23-20(24)28)25-11-15(12-5-3-2-4-6-12)26(19(25)22-17)14-9-7-13(21)8-10-14/h2-11H,1H3,(H,23,27,28). The van der Waals surface area contributed by atoms with Gasteiger partial charge in [0.2, 0.25) is 5.78 Å². The molecule has 138 valence electrons. The Kier molecular flexibility index (Phi) is 3.53. The van der Waals surface area contributed by atoms with E-state index in [9.17, 15) is 9.59 Å². The summed E-state index contributed by atoms with van der Waals surface area (Å²) in [5.41, 5.74) is 2.35.